The van der Waals surface area contributed by atoms with Crippen LogP contribution in [0.25, 0.3) is 0 Å². The Labute approximate surface area is 233 Å². The predicted molar refractivity (Wildman–Crippen MR) is 151 cm³/mol. The van der Waals surface area contributed by atoms with Gasteiger partial charge >= 0.3 is 11.9 Å². The number of esters is 2. The monoisotopic (exact) mass is 530 g/mol. The zero-order valence-electron chi connectivity index (χ0n) is 22.5. The van der Waals surface area contributed by atoms with Gasteiger partial charge in [0, 0.05) is 17.4 Å². The van der Waals surface area contributed by atoms with E-state index in [4.69, 9.17) is 9.47 Å². The van der Waals surface area contributed by atoms with Crippen molar-refractivity contribution in [3.05, 3.63) is 143 Å². The molecule has 0 saturated carbocycles. The summed E-state index contributed by atoms with van der Waals surface area (Å²) in [5.74, 6) is -3.90. The van der Waals surface area contributed by atoms with Gasteiger partial charge in [-0.1, -0.05) is 109 Å². The van der Waals surface area contributed by atoms with Crippen molar-refractivity contribution in [2.24, 2.45) is 11.3 Å². The van der Waals surface area contributed by atoms with Gasteiger partial charge < -0.3 is 9.47 Å². The Morgan fingerprint density at radius 1 is 0.725 bits per heavy atom. The van der Waals surface area contributed by atoms with E-state index in [2.05, 4.69) is 12.1 Å². The first-order valence-electron chi connectivity index (χ1n) is 13.6. The van der Waals surface area contributed by atoms with E-state index in [0.717, 1.165) is 27.8 Å². The molecule has 0 heterocycles. The minimum absolute atomic E-state index is 0.179. The molecule has 5 heteroatoms. The van der Waals surface area contributed by atoms with Crippen LogP contribution in [-0.4, -0.2) is 24.8 Å². The standard InChI is InChI=1S/C35H30O5/c1-22(23-13-5-3-6-14-23)40-33(37)31(32(36)24-15-7-4-8-16-24)35(34(38)39-2)21-29-25-17-9-11-19-27(25)30(35)28-20-12-10-18-26(28)29/h3-20,22,29-31H,21H2,1-2H3/t22-,29?,30?,31-,35+/m0/s1. The lowest BCUT2D eigenvalue weighted by atomic mass is 9.47. The Balaban J connectivity index is 1.56. The number of methoxy groups -OCH3 is 1. The third kappa shape index (κ3) is 3.96. The fourth-order valence-electron chi connectivity index (χ4n) is 6.90. The van der Waals surface area contributed by atoms with Gasteiger partial charge in [0.1, 0.15) is 17.4 Å². The number of rotatable bonds is 7. The largest absolute Gasteiger partial charge is 0.469 e. The summed E-state index contributed by atoms with van der Waals surface area (Å²) in [7, 11) is 1.33. The van der Waals surface area contributed by atoms with Gasteiger partial charge in [-0.3, -0.25) is 14.4 Å². The van der Waals surface area contributed by atoms with Crippen LogP contribution in [0.1, 0.15) is 69.5 Å². The minimum atomic E-state index is -1.50. The molecule has 0 spiro atoms. The van der Waals surface area contributed by atoms with Gasteiger partial charge in [-0.15, -0.1) is 0 Å². The molecule has 0 N–H and O–H groups in total. The van der Waals surface area contributed by atoms with Crippen molar-refractivity contribution in [3.63, 3.8) is 0 Å². The van der Waals surface area contributed by atoms with Gasteiger partial charge in [0.05, 0.1) is 7.11 Å². The molecule has 4 aromatic rings. The summed E-state index contributed by atoms with van der Waals surface area (Å²) < 4.78 is 11.5. The lowest BCUT2D eigenvalue weighted by molar-refractivity contribution is -0.171. The molecule has 2 bridgehead atoms. The number of fused-ring (bicyclic) bond motifs is 1. The molecule has 3 aliphatic carbocycles. The maximum Gasteiger partial charge on any atom is 0.318 e. The van der Waals surface area contributed by atoms with Crippen molar-refractivity contribution in [1.29, 1.82) is 0 Å². The molecular weight excluding hydrogens is 500 g/mol. The molecule has 0 radical (unpaired) electrons. The van der Waals surface area contributed by atoms with E-state index in [1.165, 1.54) is 7.11 Å². The van der Waals surface area contributed by atoms with Gasteiger partial charge in [0.25, 0.3) is 0 Å². The van der Waals surface area contributed by atoms with E-state index in [0.29, 0.717) is 5.56 Å². The summed E-state index contributed by atoms with van der Waals surface area (Å²) >= 11 is 0. The summed E-state index contributed by atoms with van der Waals surface area (Å²) in [5.41, 5.74) is 3.76. The smallest absolute Gasteiger partial charge is 0.318 e. The lowest BCUT2D eigenvalue weighted by Crippen LogP contribution is -2.56. The summed E-state index contributed by atoms with van der Waals surface area (Å²) in [6.45, 7) is 1.78. The molecule has 200 valence electrons. The zero-order chi connectivity index (χ0) is 27.9. The topological polar surface area (TPSA) is 69.7 Å². The van der Waals surface area contributed by atoms with Crippen LogP contribution in [0, 0.1) is 11.3 Å². The normalized spacial score (nSPS) is 21.9. The molecule has 5 nitrogen and oxygen atoms in total. The highest BCUT2D eigenvalue weighted by molar-refractivity contribution is 6.12. The number of carbonyl (C=O) groups excluding carboxylic acids is 3. The molecule has 0 amide bonds. The molecule has 0 aliphatic heterocycles. The number of ether oxygens (including phenoxy) is 2. The summed E-state index contributed by atoms with van der Waals surface area (Å²) in [5, 5.41) is 0. The average molecular weight is 531 g/mol. The van der Waals surface area contributed by atoms with Gasteiger partial charge in [-0.25, -0.2) is 0 Å². The van der Waals surface area contributed by atoms with Gasteiger partial charge in [-0.05, 0) is 41.2 Å². The van der Waals surface area contributed by atoms with E-state index in [1.807, 2.05) is 72.8 Å². The Kier molecular flexibility index (Phi) is 6.59. The van der Waals surface area contributed by atoms with Crippen LogP contribution in [0.5, 0.6) is 0 Å². The number of carbonyl (C=O) groups is 3. The highest BCUT2D eigenvalue weighted by Crippen LogP contribution is 2.64. The number of benzene rings is 4. The van der Waals surface area contributed by atoms with Gasteiger partial charge in [0.2, 0.25) is 0 Å². The van der Waals surface area contributed by atoms with Crippen molar-refractivity contribution < 1.29 is 23.9 Å². The SMILES string of the molecule is COC(=O)[C@]1([C@H](C(=O)O[C@@H](C)c2ccccc2)C(=O)c2ccccc2)CC2c3ccccc3C1c1ccccc12. The summed E-state index contributed by atoms with van der Waals surface area (Å²) in [4.78, 5) is 42.9. The molecule has 7 rings (SSSR count). The molecule has 0 fully saturated rings. The second-order valence-electron chi connectivity index (χ2n) is 10.6. The first-order chi connectivity index (χ1) is 19.5. The Hall–Kier alpha value is -4.51. The van der Waals surface area contributed by atoms with E-state index in [1.54, 1.807) is 31.2 Å². The zero-order valence-corrected chi connectivity index (χ0v) is 22.5. The van der Waals surface area contributed by atoms with Gasteiger partial charge in [0.15, 0.2) is 5.78 Å². The summed E-state index contributed by atoms with van der Waals surface area (Å²) in [6.07, 6.45) is -0.356. The van der Waals surface area contributed by atoms with E-state index in [-0.39, 0.29) is 12.3 Å². The van der Waals surface area contributed by atoms with Crippen LogP contribution in [0.3, 0.4) is 0 Å². The van der Waals surface area contributed by atoms with Crippen molar-refractivity contribution in [1.82, 2.24) is 0 Å². The van der Waals surface area contributed by atoms with Crippen LogP contribution in [0.15, 0.2) is 109 Å². The van der Waals surface area contributed by atoms with Crippen LogP contribution in [-0.2, 0) is 19.1 Å². The number of hydrogen-bond acceptors (Lipinski definition) is 5. The molecule has 3 aliphatic rings. The van der Waals surface area contributed by atoms with Crippen molar-refractivity contribution >= 4 is 17.7 Å². The van der Waals surface area contributed by atoms with E-state index < -0.39 is 41.1 Å². The second-order valence-corrected chi connectivity index (χ2v) is 10.6. The third-order valence-corrected chi connectivity index (χ3v) is 8.62. The van der Waals surface area contributed by atoms with E-state index in [9.17, 15) is 14.4 Å². The van der Waals surface area contributed by atoms with E-state index >= 15 is 0 Å². The first-order valence-corrected chi connectivity index (χ1v) is 13.6. The van der Waals surface area contributed by atoms with Gasteiger partial charge in [-0.2, -0.15) is 0 Å². The van der Waals surface area contributed by atoms with Crippen molar-refractivity contribution in [2.45, 2.75) is 31.3 Å². The molecule has 0 unspecified atom stereocenters. The maximum atomic E-state index is 14.4. The molecule has 0 saturated heterocycles. The first kappa shape index (κ1) is 25.8. The Morgan fingerprint density at radius 2 is 1.23 bits per heavy atom. The van der Waals surface area contributed by atoms with Crippen molar-refractivity contribution in [3.8, 4) is 0 Å². The predicted octanol–water partition coefficient (Wildman–Crippen LogP) is 6.63. The molecule has 40 heavy (non-hydrogen) atoms. The quantitative estimate of drug-likeness (QED) is 0.152. The molecule has 0 aromatic heterocycles. The third-order valence-electron chi connectivity index (χ3n) is 8.62. The Morgan fingerprint density at radius 3 is 1.77 bits per heavy atom. The van der Waals surface area contributed by atoms with Crippen molar-refractivity contribution in [2.75, 3.05) is 7.11 Å². The summed E-state index contributed by atoms with van der Waals surface area (Å²) in [6, 6.07) is 34.1. The lowest BCUT2D eigenvalue weighted by Gasteiger charge is -2.53. The average Bonchev–Trinajstić information content (AvgIpc) is 3.01. The molecule has 3 atom stereocenters. The fraction of sp³-hybridized carbons (Fsp3) is 0.229. The second kappa shape index (κ2) is 10.2. The highest BCUT2D eigenvalue weighted by atomic mass is 16.5. The maximum absolute atomic E-state index is 14.4. The van der Waals surface area contributed by atoms with Crippen LogP contribution in [0.2, 0.25) is 0 Å². The minimum Gasteiger partial charge on any atom is -0.469 e. The van der Waals surface area contributed by atoms with Crippen LogP contribution in [0.4, 0.5) is 0 Å². The highest BCUT2D eigenvalue weighted by Gasteiger charge is 2.65. The Bertz CT molecular complexity index is 1530. The number of Topliss-reactive ketones (excluding diaryl/α,β-unsaturated/α-hetero) is 1. The van der Waals surface area contributed by atoms with Crippen LogP contribution < -0.4 is 0 Å². The number of ketones is 1. The fourth-order valence-corrected chi connectivity index (χ4v) is 6.90. The molecule has 4 aromatic carbocycles. The molecular formula is C35H30O5. The number of hydrogen-bond donors (Lipinski definition) is 0. The van der Waals surface area contributed by atoms with Crippen LogP contribution >= 0.6 is 0 Å².